The lowest BCUT2D eigenvalue weighted by molar-refractivity contribution is 0.415. The van der Waals surface area contributed by atoms with Crippen LogP contribution in [0.1, 0.15) is 12.2 Å². The van der Waals surface area contributed by atoms with Gasteiger partial charge in [-0.1, -0.05) is 11.6 Å². The zero-order valence-electron chi connectivity index (χ0n) is 15.8. The molecule has 27 heavy (non-hydrogen) atoms. The van der Waals surface area contributed by atoms with Crippen molar-refractivity contribution in [2.24, 2.45) is 12.0 Å². The van der Waals surface area contributed by atoms with E-state index >= 15 is 0 Å². The second-order valence-corrected chi connectivity index (χ2v) is 6.71. The number of methoxy groups -OCH3 is 1. The summed E-state index contributed by atoms with van der Waals surface area (Å²) < 4.78 is 7.46. The lowest BCUT2D eigenvalue weighted by atomic mass is 10.2. The normalized spacial score (nSPS) is 16.8. The molecular weight excluding hydrogens is 479 g/mol. The number of hydrogen-bond donors (Lipinski definition) is 2. The van der Waals surface area contributed by atoms with E-state index in [1.807, 2.05) is 36.0 Å². The predicted molar refractivity (Wildman–Crippen MR) is 121 cm³/mol. The van der Waals surface area contributed by atoms with Crippen molar-refractivity contribution in [3.8, 4) is 5.75 Å². The van der Waals surface area contributed by atoms with Crippen LogP contribution in [0.15, 0.2) is 35.6 Å². The van der Waals surface area contributed by atoms with Crippen LogP contribution >= 0.6 is 35.6 Å². The molecule has 1 aromatic carbocycles. The first-order valence-electron chi connectivity index (χ1n) is 8.62. The molecular formula is C18H26ClIN6O. The van der Waals surface area contributed by atoms with Crippen LogP contribution in [0.2, 0.25) is 5.02 Å². The van der Waals surface area contributed by atoms with Gasteiger partial charge in [0.15, 0.2) is 5.96 Å². The molecule has 0 spiro atoms. The van der Waals surface area contributed by atoms with Crippen molar-refractivity contribution in [1.29, 1.82) is 0 Å². The van der Waals surface area contributed by atoms with Crippen LogP contribution in [0.3, 0.4) is 0 Å². The lowest BCUT2D eigenvalue weighted by Gasteiger charge is -2.22. The quantitative estimate of drug-likeness (QED) is 0.372. The standard InChI is InChI=1S/C18H25ClN6O.HI/c1-20-18(22-11-17-21-7-9-24(17)2)23-14-6-8-25(12-14)15-10-13(19)4-5-16(15)26-3;/h4-5,7,9-10,14H,6,8,11-12H2,1-3H3,(H2,20,22,23);1H. The fourth-order valence-electron chi connectivity index (χ4n) is 3.12. The maximum absolute atomic E-state index is 6.16. The van der Waals surface area contributed by atoms with Crippen LogP contribution in [0.5, 0.6) is 5.75 Å². The third-order valence-corrected chi connectivity index (χ3v) is 4.80. The summed E-state index contributed by atoms with van der Waals surface area (Å²) in [5.74, 6) is 2.58. The number of rotatable bonds is 5. The average Bonchev–Trinajstić information content (AvgIpc) is 3.27. The Labute approximate surface area is 182 Å². The summed E-state index contributed by atoms with van der Waals surface area (Å²) in [7, 11) is 5.44. The van der Waals surface area contributed by atoms with Crippen molar-refractivity contribution < 1.29 is 4.74 Å². The number of guanidine groups is 1. The molecule has 148 valence electrons. The van der Waals surface area contributed by atoms with Crippen molar-refractivity contribution in [3.63, 3.8) is 0 Å². The third kappa shape index (κ3) is 5.41. The van der Waals surface area contributed by atoms with Crippen LogP contribution in [0.25, 0.3) is 0 Å². The number of nitrogens with zero attached hydrogens (tertiary/aromatic N) is 4. The summed E-state index contributed by atoms with van der Waals surface area (Å²) >= 11 is 6.16. The summed E-state index contributed by atoms with van der Waals surface area (Å²) in [5.41, 5.74) is 1.03. The molecule has 7 nitrogen and oxygen atoms in total. The number of anilines is 1. The molecule has 0 aliphatic carbocycles. The first-order valence-corrected chi connectivity index (χ1v) is 9.00. The van der Waals surface area contributed by atoms with Crippen molar-refractivity contribution >= 4 is 47.2 Å². The van der Waals surface area contributed by atoms with E-state index in [0.717, 1.165) is 42.7 Å². The number of benzene rings is 1. The molecule has 0 radical (unpaired) electrons. The number of nitrogens with one attached hydrogen (secondary N) is 2. The van der Waals surface area contributed by atoms with Crippen molar-refractivity contribution in [2.75, 3.05) is 32.1 Å². The SMILES string of the molecule is CN=C(NCc1nccn1C)NC1CCN(c2cc(Cl)ccc2OC)C1.I. The number of aliphatic imine (C=N–C) groups is 1. The molecule has 2 N–H and O–H groups in total. The van der Waals surface area contributed by atoms with E-state index in [2.05, 4.69) is 25.5 Å². The highest BCUT2D eigenvalue weighted by molar-refractivity contribution is 14.0. The summed E-state index contributed by atoms with van der Waals surface area (Å²) in [6.07, 6.45) is 4.74. The Bertz CT molecular complexity index is 781. The maximum Gasteiger partial charge on any atom is 0.191 e. The second-order valence-electron chi connectivity index (χ2n) is 6.27. The Kier molecular flexibility index (Phi) is 8.03. The second kappa shape index (κ2) is 10.0. The largest absolute Gasteiger partial charge is 0.495 e. The van der Waals surface area contributed by atoms with Gasteiger partial charge in [-0.2, -0.15) is 0 Å². The van der Waals surface area contributed by atoms with Gasteiger partial charge in [0.1, 0.15) is 11.6 Å². The van der Waals surface area contributed by atoms with Crippen LogP contribution in [0, 0.1) is 0 Å². The Morgan fingerprint density at radius 1 is 1.44 bits per heavy atom. The van der Waals surface area contributed by atoms with Gasteiger partial charge in [-0.05, 0) is 24.6 Å². The Balaban J connectivity index is 0.00000261. The first kappa shape index (κ1) is 21.6. The molecule has 3 rings (SSSR count). The maximum atomic E-state index is 6.16. The molecule has 0 bridgehead atoms. The van der Waals surface area contributed by atoms with Crippen molar-refractivity contribution in [3.05, 3.63) is 41.4 Å². The van der Waals surface area contributed by atoms with Gasteiger partial charge in [0.2, 0.25) is 0 Å². The van der Waals surface area contributed by atoms with E-state index in [4.69, 9.17) is 16.3 Å². The Hall–Kier alpha value is -1.68. The van der Waals surface area contributed by atoms with E-state index in [9.17, 15) is 0 Å². The van der Waals surface area contributed by atoms with Crippen LogP contribution in [-0.2, 0) is 13.6 Å². The summed E-state index contributed by atoms with van der Waals surface area (Å²) in [5, 5.41) is 7.52. The summed E-state index contributed by atoms with van der Waals surface area (Å²) in [6, 6.07) is 6.01. The highest BCUT2D eigenvalue weighted by Gasteiger charge is 2.25. The van der Waals surface area contributed by atoms with E-state index in [-0.39, 0.29) is 24.0 Å². The van der Waals surface area contributed by atoms with Crippen LogP contribution < -0.4 is 20.3 Å². The highest BCUT2D eigenvalue weighted by Crippen LogP contribution is 2.33. The van der Waals surface area contributed by atoms with Gasteiger partial charge >= 0.3 is 0 Å². The summed E-state index contributed by atoms with van der Waals surface area (Å²) in [4.78, 5) is 10.9. The van der Waals surface area contributed by atoms with Gasteiger partial charge in [-0.3, -0.25) is 4.99 Å². The third-order valence-electron chi connectivity index (χ3n) is 4.57. The van der Waals surface area contributed by atoms with Gasteiger partial charge in [-0.15, -0.1) is 24.0 Å². The molecule has 1 aliphatic rings. The Morgan fingerprint density at radius 3 is 2.93 bits per heavy atom. The number of ether oxygens (including phenoxy) is 1. The zero-order chi connectivity index (χ0) is 18.5. The van der Waals surface area contributed by atoms with Crippen molar-refractivity contribution in [1.82, 2.24) is 20.2 Å². The molecule has 1 aromatic heterocycles. The van der Waals surface area contributed by atoms with E-state index in [1.165, 1.54) is 0 Å². The smallest absolute Gasteiger partial charge is 0.191 e. The van der Waals surface area contributed by atoms with Gasteiger partial charge in [0.05, 0.1) is 19.3 Å². The average molecular weight is 505 g/mol. The Morgan fingerprint density at radius 2 is 2.26 bits per heavy atom. The number of halogens is 2. The number of imidazole rings is 1. The van der Waals surface area contributed by atoms with Crippen LogP contribution in [-0.4, -0.2) is 48.8 Å². The molecule has 1 saturated heterocycles. The van der Waals surface area contributed by atoms with E-state index in [0.29, 0.717) is 17.6 Å². The molecule has 2 aromatic rings. The minimum Gasteiger partial charge on any atom is -0.495 e. The zero-order valence-corrected chi connectivity index (χ0v) is 18.9. The molecule has 2 heterocycles. The molecule has 1 unspecified atom stereocenters. The highest BCUT2D eigenvalue weighted by atomic mass is 127. The molecule has 1 aliphatic heterocycles. The first-order chi connectivity index (χ1) is 12.6. The van der Waals surface area contributed by atoms with E-state index < -0.39 is 0 Å². The minimum atomic E-state index is 0. The van der Waals surface area contributed by atoms with Gasteiger partial charge in [0, 0.05) is 50.6 Å². The van der Waals surface area contributed by atoms with Gasteiger partial charge in [0.25, 0.3) is 0 Å². The van der Waals surface area contributed by atoms with Gasteiger partial charge in [-0.25, -0.2) is 4.98 Å². The predicted octanol–water partition coefficient (Wildman–Crippen LogP) is 2.64. The number of aryl methyl sites for hydroxylation is 1. The molecule has 9 heteroatoms. The molecule has 1 fully saturated rings. The number of aromatic nitrogens is 2. The molecule has 1 atom stereocenters. The van der Waals surface area contributed by atoms with Crippen molar-refractivity contribution in [2.45, 2.75) is 19.0 Å². The monoisotopic (exact) mass is 504 g/mol. The topological polar surface area (TPSA) is 66.7 Å². The lowest BCUT2D eigenvalue weighted by Crippen LogP contribution is -2.44. The fourth-order valence-corrected chi connectivity index (χ4v) is 3.29. The fraction of sp³-hybridized carbons (Fsp3) is 0.444. The summed E-state index contributed by atoms with van der Waals surface area (Å²) in [6.45, 7) is 2.42. The van der Waals surface area contributed by atoms with Crippen LogP contribution in [0.4, 0.5) is 5.69 Å². The number of hydrogen-bond acceptors (Lipinski definition) is 4. The molecule has 0 amide bonds. The van der Waals surface area contributed by atoms with E-state index in [1.54, 1.807) is 20.4 Å². The van der Waals surface area contributed by atoms with Gasteiger partial charge < -0.3 is 24.8 Å². The minimum absolute atomic E-state index is 0. The molecule has 0 saturated carbocycles.